The highest BCUT2D eigenvalue weighted by atomic mass is 16.1. The van der Waals surface area contributed by atoms with Gasteiger partial charge in [0.1, 0.15) is 0 Å². The van der Waals surface area contributed by atoms with Crippen LogP contribution in [0, 0.1) is 5.92 Å². The van der Waals surface area contributed by atoms with Gasteiger partial charge in [0.25, 0.3) is 0 Å². The molecule has 4 heteroatoms. The lowest BCUT2D eigenvalue weighted by Crippen LogP contribution is -2.43. The Morgan fingerprint density at radius 2 is 2.24 bits per heavy atom. The minimum atomic E-state index is 0.190. The molecule has 17 heavy (non-hydrogen) atoms. The van der Waals surface area contributed by atoms with Crippen molar-refractivity contribution in [2.75, 3.05) is 33.7 Å². The second-order valence-corrected chi connectivity index (χ2v) is 5.39. The van der Waals surface area contributed by atoms with Crippen molar-refractivity contribution in [1.82, 2.24) is 15.5 Å². The SMILES string of the molecule is CC1CCCNC1CC(=O)NCCCN(C)C. The predicted octanol–water partition coefficient (Wildman–Crippen LogP) is 0.833. The highest BCUT2D eigenvalue weighted by Gasteiger charge is 2.22. The summed E-state index contributed by atoms with van der Waals surface area (Å²) in [6.45, 7) is 5.11. The van der Waals surface area contributed by atoms with Gasteiger partial charge in [-0.05, 0) is 52.4 Å². The van der Waals surface area contributed by atoms with Gasteiger partial charge in [-0.1, -0.05) is 6.92 Å². The maximum atomic E-state index is 11.7. The van der Waals surface area contributed by atoms with E-state index in [4.69, 9.17) is 0 Å². The first kappa shape index (κ1) is 14.5. The molecule has 0 aromatic rings. The minimum absolute atomic E-state index is 0.190. The summed E-state index contributed by atoms with van der Waals surface area (Å²) in [5.74, 6) is 0.811. The third-order valence-corrected chi connectivity index (χ3v) is 3.44. The molecule has 1 aliphatic rings. The molecule has 0 spiro atoms. The third-order valence-electron chi connectivity index (χ3n) is 3.44. The highest BCUT2D eigenvalue weighted by molar-refractivity contribution is 5.76. The molecule has 1 aliphatic heterocycles. The minimum Gasteiger partial charge on any atom is -0.356 e. The molecule has 0 aromatic heterocycles. The zero-order valence-electron chi connectivity index (χ0n) is 11.5. The van der Waals surface area contributed by atoms with Crippen molar-refractivity contribution in [1.29, 1.82) is 0 Å². The zero-order valence-corrected chi connectivity index (χ0v) is 11.5. The summed E-state index contributed by atoms with van der Waals surface area (Å²) in [6.07, 6.45) is 4.13. The molecule has 1 saturated heterocycles. The van der Waals surface area contributed by atoms with E-state index in [-0.39, 0.29) is 5.91 Å². The van der Waals surface area contributed by atoms with E-state index in [9.17, 15) is 4.79 Å². The van der Waals surface area contributed by atoms with Gasteiger partial charge in [-0.2, -0.15) is 0 Å². The number of carbonyl (C=O) groups excluding carboxylic acids is 1. The van der Waals surface area contributed by atoms with Crippen molar-refractivity contribution < 1.29 is 4.79 Å². The van der Waals surface area contributed by atoms with Crippen molar-refractivity contribution in [3.63, 3.8) is 0 Å². The lowest BCUT2D eigenvalue weighted by molar-refractivity contribution is -0.122. The first-order chi connectivity index (χ1) is 8.09. The van der Waals surface area contributed by atoms with Crippen molar-refractivity contribution >= 4 is 5.91 Å². The second-order valence-electron chi connectivity index (χ2n) is 5.39. The monoisotopic (exact) mass is 241 g/mol. The molecule has 100 valence electrons. The van der Waals surface area contributed by atoms with Gasteiger partial charge in [0.05, 0.1) is 0 Å². The second kappa shape index (κ2) is 7.67. The summed E-state index contributed by atoms with van der Waals surface area (Å²) in [4.78, 5) is 13.9. The Hall–Kier alpha value is -0.610. The van der Waals surface area contributed by atoms with E-state index >= 15 is 0 Å². The number of rotatable bonds is 6. The van der Waals surface area contributed by atoms with Crippen LogP contribution >= 0.6 is 0 Å². The Kier molecular flexibility index (Phi) is 6.52. The largest absolute Gasteiger partial charge is 0.356 e. The van der Waals surface area contributed by atoms with Gasteiger partial charge in [-0.15, -0.1) is 0 Å². The number of carbonyl (C=O) groups is 1. The number of piperidine rings is 1. The highest BCUT2D eigenvalue weighted by Crippen LogP contribution is 2.17. The summed E-state index contributed by atoms with van der Waals surface area (Å²) in [5, 5.41) is 6.44. The smallest absolute Gasteiger partial charge is 0.221 e. The number of nitrogens with one attached hydrogen (secondary N) is 2. The van der Waals surface area contributed by atoms with Gasteiger partial charge >= 0.3 is 0 Å². The van der Waals surface area contributed by atoms with Crippen molar-refractivity contribution in [2.45, 2.75) is 38.6 Å². The maximum absolute atomic E-state index is 11.7. The lowest BCUT2D eigenvalue weighted by atomic mass is 9.90. The van der Waals surface area contributed by atoms with Crippen LogP contribution in [0.1, 0.15) is 32.6 Å². The Bertz CT molecular complexity index is 231. The summed E-state index contributed by atoms with van der Waals surface area (Å²) < 4.78 is 0. The van der Waals surface area contributed by atoms with Crippen LogP contribution < -0.4 is 10.6 Å². The van der Waals surface area contributed by atoms with Crippen LogP contribution in [0.5, 0.6) is 0 Å². The van der Waals surface area contributed by atoms with Gasteiger partial charge in [-0.3, -0.25) is 4.79 Å². The number of amides is 1. The van der Waals surface area contributed by atoms with E-state index in [0.29, 0.717) is 18.4 Å². The molecule has 0 saturated carbocycles. The molecule has 1 fully saturated rings. The molecule has 1 amide bonds. The van der Waals surface area contributed by atoms with Gasteiger partial charge < -0.3 is 15.5 Å². The Morgan fingerprint density at radius 1 is 1.47 bits per heavy atom. The van der Waals surface area contributed by atoms with E-state index in [1.54, 1.807) is 0 Å². The fourth-order valence-corrected chi connectivity index (χ4v) is 2.28. The van der Waals surface area contributed by atoms with Crippen LogP contribution in [0.15, 0.2) is 0 Å². The molecule has 2 unspecified atom stereocenters. The first-order valence-electron chi connectivity index (χ1n) is 6.74. The Labute approximate surface area is 105 Å². The van der Waals surface area contributed by atoms with E-state index in [1.807, 2.05) is 0 Å². The van der Waals surface area contributed by atoms with Gasteiger partial charge in [0.2, 0.25) is 5.91 Å². The van der Waals surface area contributed by atoms with Crippen molar-refractivity contribution in [3.05, 3.63) is 0 Å². The van der Waals surface area contributed by atoms with Crippen LogP contribution in [0.2, 0.25) is 0 Å². The average Bonchev–Trinajstić information content (AvgIpc) is 2.27. The molecule has 0 aliphatic carbocycles. The van der Waals surface area contributed by atoms with Crippen molar-refractivity contribution in [3.8, 4) is 0 Å². The van der Waals surface area contributed by atoms with Gasteiger partial charge in [-0.25, -0.2) is 0 Å². The molecule has 4 nitrogen and oxygen atoms in total. The summed E-state index contributed by atoms with van der Waals surface area (Å²) >= 11 is 0. The van der Waals surface area contributed by atoms with E-state index in [1.165, 1.54) is 12.8 Å². The van der Waals surface area contributed by atoms with E-state index in [2.05, 4.69) is 36.6 Å². The van der Waals surface area contributed by atoms with Crippen LogP contribution in [-0.2, 0) is 4.79 Å². The summed E-state index contributed by atoms with van der Waals surface area (Å²) in [7, 11) is 4.10. The van der Waals surface area contributed by atoms with Crippen LogP contribution in [0.25, 0.3) is 0 Å². The molecule has 0 bridgehead atoms. The topological polar surface area (TPSA) is 44.4 Å². The molecule has 0 radical (unpaired) electrons. The average molecular weight is 241 g/mol. The predicted molar refractivity (Wildman–Crippen MR) is 71.0 cm³/mol. The Balaban J connectivity index is 2.11. The van der Waals surface area contributed by atoms with E-state index in [0.717, 1.165) is 26.1 Å². The molecular formula is C13H27N3O. The fraction of sp³-hybridized carbons (Fsp3) is 0.923. The third kappa shape index (κ3) is 6.03. The number of hydrogen-bond donors (Lipinski definition) is 2. The molecule has 1 rings (SSSR count). The standard InChI is InChI=1S/C13H27N3O/c1-11-6-4-7-14-12(11)10-13(17)15-8-5-9-16(2)3/h11-12,14H,4-10H2,1-3H3,(H,15,17). The summed E-state index contributed by atoms with van der Waals surface area (Å²) in [6, 6.07) is 0.373. The zero-order chi connectivity index (χ0) is 12.7. The quantitative estimate of drug-likeness (QED) is 0.677. The maximum Gasteiger partial charge on any atom is 0.221 e. The van der Waals surface area contributed by atoms with E-state index < -0.39 is 0 Å². The summed E-state index contributed by atoms with van der Waals surface area (Å²) in [5.41, 5.74) is 0. The molecular weight excluding hydrogens is 214 g/mol. The molecule has 2 N–H and O–H groups in total. The molecule has 2 atom stereocenters. The van der Waals surface area contributed by atoms with Crippen molar-refractivity contribution in [2.24, 2.45) is 5.92 Å². The van der Waals surface area contributed by atoms with Crippen LogP contribution in [0.3, 0.4) is 0 Å². The van der Waals surface area contributed by atoms with Crippen LogP contribution in [-0.4, -0.2) is 50.6 Å². The Morgan fingerprint density at radius 3 is 2.88 bits per heavy atom. The van der Waals surface area contributed by atoms with Crippen LogP contribution in [0.4, 0.5) is 0 Å². The molecule has 0 aromatic carbocycles. The lowest BCUT2D eigenvalue weighted by Gasteiger charge is -2.29. The number of hydrogen-bond acceptors (Lipinski definition) is 3. The fourth-order valence-electron chi connectivity index (χ4n) is 2.28. The first-order valence-corrected chi connectivity index (χ1v) is 6.74. The van der Waals surface area contributed by atoms with Gasteiger partial charge in [0.15, 0.2) is 0 Å². The normalized spacial score (nSPS) is 24.9. The molecule has 1 heterocycles. The van der Waals surface area contributed by atoms with Gasteiger partial charge in [0, 0.05) is 19.0 Å². The number of nitrogens with zero attached hydrogens (tertiary/aromatic N) is 1.